The standard InChI is InChI=1S/C14H18O2/c1-2-16-14(15)13-10-12(13)9-8-11-6-4-3-5-7-11/h3-7,12-13H,2,8-10H2,1H3/t12-,13-/m0/s1. The van der Waals surface area contributed by atoms with Crippen LogP contribution >= 0.6 is 0 Å². The van der Waals surface area contributed by atoms with Gasteiger partial charge in [-0.1, -0.05) is 30.3 Å². The van der Waals surface area contributed by atoms with Crippen molar-refractivity contribution in [1.29, 1.82) is 0 Å². The molecule has 0 unspecified atom stereocenters. The summed E-state index contributed by atoms with van der Waals surface area (Å²) < 4.78 is 5.01. The van der Waals surface area contributed by atoms with E-state index in [1.165, 1.54) is 5.56 Å². The molecule has 1 fully saturated rings. The average molecular weight is 218 g/mol. The van der Waals surface area contributed by atoms with Gasteiger partial charge in [0.25, 0.3) is 0 Å². The molecule has 2 nitrogen and oxygen atoms in total. The van der Waals surface area contributed by atoms with Crippen LogP contribution in [0.2, 0.25) is 0 Å². The zero-order valence-electron chi connectivity index (χ0n) is 9.69. The number of rotatable bonds is 5. The van der Waals surface area contributed by atoms with E-state index in [0.29, 0.717) is 12.5 Å². The van der Waals surface area contributed by atoms with Crippen molar-refractivity contribution in [2.45, 2.75) is 26.2 Å². The van der Waals surface area contributed by atoms with Crippen molar-refractivity contribution in [2.75, 3.05) is 6.61 Å². The molecule has 1 aliphatic rings. The minimum atomic E-state index is 0.000520. The molecule has 1 aromatic rings. The Hall–Kier alpha value is -1.31. The summed E-state index contributed by atoms with van der Waals surface area (Å²) in [5, 5.41) is 0. The SMILES string of the molecule is CCOC(=O)[C@H]1C[C@@H]1CCc1ccccc1. The van der Waals surface area contributed by atoms with Gasteiger partial charge in [-0.05, 0) is 37.7 Å². The van der Waals surface area contributed by atoms with E-state index in [4.69, 9.17) is 4.74 Å². The fourth-order valence-corrected chi connectivity index (χ4v) is 2.10. The predicted octanol–water partition coefficient (Wildman–Crippen LogP) is 2.82. The van der Waals surface area contributed by atoms with E-state index in [2.05, 4.69) is 24.3 Å². The molecule has 1 aromatic carbocycles. The van der Waals surface area contributed by atoms with Gasteiger partial charge in [-0.3, -0.25) is 4.79 Å². The zero-order valence-corrected chi connectivity index (χ0v) is 9.69. The van der Waals surface area contributed by atoms with Crippen LogP contribution in [-0.4, -0.2) is 12.6 Å². The first-order valence-electron chi connectivity index (χ1n) is 6.02. The Bertz CT molecular complexity index is 345. The van der Waals surface area contributed by atoms with Crippen LogP contribution in [0, 0.1) is 11.8 Å². The maximum atomic E-state index is 11.4. The van der Waals surface area contributed by atoms with Crippen LogP contribution in [0.1, 0.15) is 25.3 Å². The lowest BCUT2D eigenvalue weighted by molar-refractivity contribution is -0.145. The first kappa shape index (κ1) is 11.2. The quantitative estimate of drug-likeness (QED) is 0.710. The van der Waals surface area contributed by atoms with Gasteiger partial charge in [0.05, 0.1) is 12.5 Å². The van der Waals surface area contributed by atoms with Gasteiger partial charge in [-0.2, -0.15) is 0 Å². The lowest BCUT2D eigenvalue weighted by Gasteiger charge is -2.01. The van der Waals surface area contributed by atoms with E-state index >= 15 is 0 Å². The molecule has 0 bridgehead atoms. The maximum Gasteiger partial charge on any atom is 0.309 e. The molecule has 0 aromatic heterocycles. The van der Waals surface area contributed by atoms with Gasteiger partial charge in [0.2, 0.25) is 0 Å². The molecule has 0 aliphatic heterocycles. The smallest absolute Gasteiger partial charge is 0.309 e. The number of carbonyl (C=O) groups excluding carboxylic acids is 1. The summed E-state index contributed by atoms with van der Waals surface area (Å²) in [7, 11) is 0. The molecular formula is C14H18O2. The minimum absolute atomic E-state index is 0.000520. The summed E-state index contributed by atoms with van der Waals surface area (Å²) in [6.07, 6.45) is 3.20. The van der Waals surface area contributed by atoms with E-state index in [1.54, 1.807) is 0 Å². The predicted molar refractivity (Wildman–Crippen MR) is 63.0 cm³/mol. The summed E-state index contributed by atoms with van der Waals surface area (Å²) in [4.78, 5) is 11.4. The third-order valence-electron chi connectivity index (χ3n) is 3.16. The molecule has 16 heavy (non-hydrogen) atoms. The van der Waals surface area contributed by atoms with Crippen molar-refractivity contribution in [2.24, 2.45) is 11.8 Å². The number of ether oxygens (including phenoxy) is 1. The Morgan fingerprint density at radius 3 is 2.81 bits per heavy atom. The summed E-state index contributed by atoms with van der Waals surface area (Å²) >= 11 is 0. The highest BCUT2D eigenvalue weighted by molar-refractivity contribution is 5.75. The molecule has 0 spiro atoms. The van der Waals surface area contributed by atoms with E-state index in [9.17, 15) is 4.79 Å². The van der Waals surface area contributed by atoms with Gasteiger partial charge in [0, 0.05) is 0 Å². The highest BCUT2D eigenvalue weighted by atomic mass is 16.5. The molecule has 0 amide bonds. The Morgan fingerprint density at radius 2 is 2.12 bits per heavy atom. The van der Waals surface area contributed by atoms with Gasteiger partial charge < -0.3 is 4.74 Å². The molecule has 2 heteroatoms. The summed E-state index contributed by atoms with van der Waals surface area (Å²) in [6.45, 7) is 2.36. The molecule has 0 N–H and O–H groups in total. The van der Waals surface area contributed by atoms with Gasteiger partial charge >= 0.3 is 5.97 Å². The second-order valence-electron chi connectivity index (χ2n) is 4.38. The fourth-order valence-electron chi connectivity index (χ4n) is 2.10. The van der Waals surface area contributed by atoms with E-state index in [-0.39, 0.29) is 11.9 Å². The third-order valence-corrected chi connectivity index (χ3v) is 3.16. The number of aryl methyl sites for hydroxylation is 1. The van der Waals surface area contributed by atoms with Gasteiger partial charge in [-0.25, -0.2) is 0 Å². The molecule has 1 aliphatic carbocycles. The largest absolute Gasteiger partial charge is 0.466 e. The molecular weight excluding hydrogens is 200 g/mol. The van der Waals surface area contributed by atoms with Crippen molar-refractivity contribution < 1.29 is 9.53 Å². The van der Waals surface area contributed by atoms with Crippen LogP contribution in [0.15, 0.2) is 30.3 Å². The normalized spacial score (nSPS) is 22.8. The molecule has 2 atom stereocenters. The second kappa shape index (κ2) is 5.15. The molecule has 1 saturated carbocycles. The topological polar surface area (TPSA) is 26.3 Å². The van der Waals surface area contributed by atoms with Crippen molar-refractivity contribution in [1.82, 2.24) is 0 Å². The Balaban J connectivity index is 1.72. The summed E-state index contributed by atoms with van der Waals surface area (Å²) in [5.41, 5.74) is 1.36. The first-order chi connectivity index (χ1) is 7.81. The van der Waals surface area contributed by atoms with Crippen LogP contribution in [0.3, 0.4) is 0 Å². The van der Waals surface area contributed by atoms with E-state index < -0.39 is 0 Å². The molecule has 0 radical (unpaired) electrons. The number of esters is 1. The van der Waals surface area contributed by atoms with Gasteiger partial charge in [-0.15, -0.1) is 0 Å². The van der Waals surface area contributed by atoms with Crippen LogP contribution in [0.25, 0.3) is 0 Å². The van der Waals surface area contributed by atoms with Gasteiger partial charge in [0.15, 0.2) is 0 Å². The third kappa shape index (κ3) is 2.84. The maximum absolute atomic E-state index is 11.4. The number of benzene rings is 1. The Kier molecular flexibility index (Phi) is 3.60. The Labute approximate surface area is 96.6 Å². The number of carbonyl (C=O) groups is 1. The van der Waals surface area contributed by atoms with Crippen LogP contribution in [0.5, 0.6) is 0 Å². The first-order valence-corrected chi connectivity index (χ1v) is 6.02. The van der Waals surface area contributed by atoms with E-state index in [0.717, 1.165) is 19.3 Å². The van der Waals surface area contributed by atoms with Crippen molar-refractivity contribution in [3.63, 3.8) is 0 Å². The Morgan fingerprint density at radius 1 is 1.38 bits per heavy atom. The highest BCUT2D eigenvalue weighted by Gasteiger charge is 2.43. The van der Waals surface area contributed by atoms with Crippen LogP contribution in [-0.2, 0) is 16.0 Å². The number of hydrogen-bond donors (Lipinski definition) is 0. The number of hydrogen-bond acceptors (Lipinski definition) is 2. The zero-order chi connectivity index (χ0) is 11.4. The molecule has 0 heterocycles. The van der Waals surface area contributed by atoms with Crippen LogP contribution in [0.4, 0.5) is 0 Å². The van der Waals surface area contributed by atoms with Crippen molar-refractivity contribution in [3.8, 4) is 0 Å². The summed E-state index contributed by atoms with van der Waals surface area (Å²) in [5.74, 6) is 0.739. The average Bonchev–Trinajstić information content (AvgIpc) is 3.08. The molecule has 2 rings (SSSR count). The van der Waals surface area contributed by atoms with Gasteiger partial charge in [0.1, 0.15) is 0 Å². The van der Waals surface area contributed by atoms with E-state index in [1.807, 2.05) is 13.0 Å². The molecule has 0 saturated heterocycles. The lowest BCUT2D eigenvalue weighted by Crippen LogP contribution is -2.07. The van der Waals surface area contributed by atoms with Crippen molar-refractivity contribution in [3.05, 3.63) is 35.9 Å². The second-order valence-corrected chi connectivity index (χ2v) is 4.38. The minimum Gasteiger partial charge on any atom is -0.466 e. The van der Waals surface area contributed by atoms with Crippen LogP contribution < -0.4 is 0 Å². The highest BCUT2D eigenvalue weighted by Crippen LogP contribution is 2.42. The molecule has 86 valence electrons. The fraction of sp³-hybridized carbons (Fsp3) is 0.500. The van der Waals surface area contributed by atoms with Crippen molar-refractivity contribution >= 4 is 5.97 Å². The summed E-state index contributed by atoms with van der Waals surface area (Å²) in [6, 6.07) is 10.4. The monoisotopic (exact) mass is 218 g/mol. The lowest BCUT2D eigenvalue weighted by atomic mass is 10.1.